The summed E-state index contributed by atoms with van der Waals surface area (Å²) in [5.41, 5.74) is 6.33. The van der Waals surface area contributed by atoms with Crippen molar-refractivity contribution in [1.29, 1.82) is 0 Å². The molecule has 1 rings (SSSR count). The number of nitrogens with two attached hydrogens (primary N) is 1. The molecule has 0 radical (unpaired) electrons. The third-order valence-electron chi connectivity index (χ3n) is 3.09. The summed E-state index contributed by atoms with van der Waals surface area (Å²) in [5.74, 6) is -0.849. The number of hydrogen-bond donors (Lipinski definition) is 3. The molecule has 1 heterocycles. The van der Waals surface area contributed by atoms with Crippen molar-refractivity contribution in [3.05, 3.63) is 10.4 Å². The summed E-state index contributed by atoms with van der Waals surface area (Å²) in [6.07, 6.45) is 1.81. The van der Waals surface area contributed by atoms with Gasteiger partial charge in [0, 0.05) is 13.1 Å². The van der Waals surface area contributed by atoms with Gasteiger partial charge in [-0.05, 0) is 12.8 Å². The molecular formula is C13H21N3O3S. The molecule has 7 heteroatoms. The van der Waals surface area contributed by atoms with Crippen molar-refractivity contribution in [2.75, 3.05) is 25.2 Å². The molecule has 0 fully saturated rings. The van der Waals surface area contributed by atoms with Crippen molar-refractivity contribution in [2.24, 2.45) is 0 Å². The highest BCUT2D eigenvalue weighted by molar-refractivity contribution is 7.19. The number of ether oxygens (including phenoxy) is 1. The van der Waals surface area contributed by atoms with E-state index in [4.69, 9.17) is 10.5 Å². The number of carbonyl (C=O) groups is 2. The minimum atomic E-state index is -0.539. The van der Waals surface area contributed by atoms with Crippen LogP contribution in [-0.2, 0) is 4.74 Å². The molecule has 112 valence electrons. The molecule has 0 aromatic carbocycles. The van der Waals surface area contributed by atoms with Gasteiger partial charge in [-0.2, -0.15) is 0 Å². The fourth-order valence-corrected chi connectivity index (χ4v) is 2.94. The highest BCUT2D eigenvalue weighted by Crippen LogP contribution is 2.37. The molecule has 0 aliphatic rings. The molecule has 0 aliphatic heterocycles. The first-order valence-electron chi connectivity index (χ1n) is 6.49. The summed E-state index contributed by atoms with van der Waals surface area (Å²) < 4.78 is 4.75. The van der Waals surface area contributed by atoms with Crippen LogP contribution in [0.15, 0.2) is 0 Å². The van der Waals surface area contributed by atoms with Gasteiger partial charge in [-0.25, -0.2) is 4.79 Å². The standard InChI is InChI=1S/C13H21N3O3S/c1-5-7(6-2)16-12-8(13(18)19-4)9(14)10(20-12)11(17)15-3/h7,16H,5-6,14H2,1-4H3,(H,15,17). The molecule has 6 nitrogen and oxygen atoms in total. The number of nitrogens with one attached hydrogen (secondary N) is 2. The molecule has 20 heavy (non-hydrogen) atoms. The van der Waals surface area contributed by atoms with E-state index in [0.29, 0.717) is 9.88 Å². The van der Waals surface area contributed by atoms with Crippen LogP contribution in [0.1, 0.15) is 46.7 Å². The monoisotopic (exact) mass is 299 g/mol. The molecule has 0 aliphatic carbocycles. The summed E-state index contributed by atoms with van der Waals surface area (Å²) >= 11 is 1.17. The molecule has 1 amide bonds. The second kappa shape index (κ2) is 7.14. The van der Waals surface area contributed by atoms with Gasteiger partial charge >= 0.3 is 5.97 Å². The molecule has 0 bridgehead atoms. The zero-order valence-electron chi connectivity index (χ0n) is 12.2. The molecule has 1 aromatic rings. The van der Waals surface area contributed by atoms with Crippen molar-refractivity contribution in [2.45, 2.75) is 32.7 Å². The van der Waals surface area contributed by atoms with Crippen molar-refractivity contribution in [3.63, 3.8) is 0 Å². The SMILES string of the molecule is CCC(CC)Nc1sc(C(=O)NC)c(N)c1C(=O)OC. The molecule has 1 aromatic heterocycles. The van der Waals surface area contributed by atoms with Gasteiger partial charge in [-0.3, -0.25) is 4.79 Å². The van der Waals surface area contributed by atoms with Gasteiger partial charge in [-0.15, -0.1) is 11.3 Å². The van der Waals surface area contributed by atoms with Crippen LogP contribution in [0, 0.1) is 0 Å². The van der Waals surface area contributed by atoms with E-state index in [2.05, 4.69) is 24.5 Å². The van der Waals surface area contributed by atoms with Gasteiger partial charge < -0.3 is 21.1 Å². The van der Waals surface area contributed by atoms with Gasteiger partial charge in [0.1, 0.15) is 15.4 Å². The van der Waals surface area contributed by atoms with Gasteiger partial charge in [0.2, 0.25) is 0 Å². The Kier molecular flexibility index (Phi) is 5.82. The Morgan fingerprint density at radius 3 is 2.40 bits per heavy atom. The lowest BCUT2D eigenvalue weighted by Gasteiger charge is -2.15. The topological polar surface area (TPSA) is 93.5 Å². The van der Waals surface area contributed by atoms with Crippen LogP contribution in [0.5, 0.6) is 0 Å². The van der Waals surface area contributed by atoms with Crippen molar-refractivity contribution < 1.29 is 14.3 Å². The van der Waals surface area contributed by atoms with E-state index in [-0.39, 0.29) is 23.2 Å². The lowest BCUT2D eigenvalue weighted by atomic mass is 10.1. The first-order chi connectivity index (χ1) is 9.49. The highest BCUT2D eigenvalue weighted by Gasteiger charge is 2.26. The molecule has 0 atom stereocenters. The van der Waals surface area contributed by atoms with Crippen LogP contribution >= 0.6 is 11.3 Å². The Labute approximate surface area is 122 Å². The van der Waals surface area contributed by atoms with E-state index in [9.17, 15) is 9.59 Å². The lowest BCUT2D eigenvalue weighted by Crippen LogP contribution is -2.19. The summed E-state index contributed by atoms with van der Waals surface area (Å²) in [5, 5.41) is 6.36. The van der Waals surface area contributed by atoms with Gasteiger partial charge in [0.05, 0.1) is 12.8 Å². The van der Waals surface area contributed by atoms with Crippen molar-refractivity contribution in [1.82, 2.24) is 5.32 Å². The number of rotatable bonds is 6. The first kappa shape index (κ1) is 16.3. The maximum absolute atomic E-state index is 11.9. The zero-order valence-corrected chi connectivity index (χ0v) is 13.0. The summed E-state index contributed by atoms with van der Waals surface area (Å²) in [7, 11) is 2.81. The molecule has 0 saturated heterocycles. The zero-order chi connectivity index (χ0) is 15.3. The Hall–Kier alpha value is -1.76. The lowest BCUT2D eigenvalue weighted by molar-refractivity contribution is 0.0603. The third kappa shape index (κ3) is 3.22. The van der Waals surface area contributed by atoms with E-state index >= 15 is 0 Å². The molecular weight excluding hydrogens is 278 g/mol. The van der Waals surface area contributed by atoms with E-state index in [1.165, 1.54) is 25.5 Å². The molecule has 0 saturated carbocycles. The first-order valence-corrected chi connectivity index (χ1v) is 7.30. The number of esters is 1. The summed E-state index contributed by atoms with van der Waals surface area (Å²) in [4.78, 5) is 24.0. The molecule has 0 spiro atoms. The summed E-state index contributed by atoms with van der Waals surface area (Å²) in [6, 6.07) is 0.217. The Morgan fingerprint density at radius 1 is 1.35 bits per heavy atom. The number of anilines is 2. The number of carbonyl (C=O) groups excluding carboxylic acids is 2. The number of methoxy groups -OCH3 is 1. The average Bonchev–Trinajstić information content (AvgIpc) is 2.79. The van der Waals surface area contributed by atoms with E-state index < -0.39 is 5.97 Å². The highest BCUT2D eigenvalue weighted by atomic mass is 32.1. The van der Waals surface area contributed by atoms with Crippen LogP contribution in [0.3, 0.4) is 0 Å². The van der Waals surface area contributed by atoms with Gasteiger partial charge in [-0.1, -0.05) is 13.8 Å². The van der Waals surface area contributed by atoms with Crippen LogP contribution < -0.4 is 16.4 Å². The fourth-order valence-electron chi connectivity index (χ4n) is 1.81. The molecule has 0 unspecified atom stereocenters. The minimum Gasteiger partial charge on any atom is -0.465 e. The normalized spacial score (nSPS) is 10.4. The summed E-state index contributed by atoms with van der Waals surface area (Å²) in [6.45, 7) is 4.10. The quantitative estimate of drug-likeness (QED) is 0.699. The van der Waals surface area contributed by atoms with Crippen LogP contribution in [0.4, 0.5) is 10.7 Å². The minimum absolute atomic E-state index is 0.162. The molecule has 4 N–H and O–H groups in total. The Balaban J connectivity index is 3.26. The number of amides is 1. The maximum Gasteiger partial charge on any atom is 0.343 e. The number of thiophene rings is 1. The maximum atomic E-state index is 11.9. The van der Waals surface area contributed by atoms with Gasteiger partial charge in [0.25, 0.3) is 5.91 Å². The largest absolute Gasteiger partial charge is 0.465 e. The number of hydrogen-bond acceptors (Lipinski definition) is 6. The smallest absolute Gasteiger partial charge is 0.343 e. The second-order valence-corrected chi connectivity index (χ2v) is 5.30. The predicted octanol–water partition coefficient (Wildman–Crippen LogP) is 2.08. The van der Waals surface area contributed by atoms with E-state index in [1.54, 1.807) is 0 Å². The van der Waals surface area contributed by atoms with Crippen LogP contribution in [0.25, 0.3) is 0 Å². The fraction of sp³-hybridized carbons (Fsp3) is 0.538. The Bertz CT molecular complexity index is 495. The second-order valence-electron chi connectivity index (χ2n) is 4.28. The Morgan fingerprint density at radius 2 is 1.95 bits per heavy atom. The van der Waals surface area contributed by atoms with Crippen LogP contribution in [0.2, 0.25) is 0 Å². The van der Waals surface area contributed by atoms with E-state index in [0.717, 1.165) is 12.8 Å². The van der Waals surface area contributed by atoms with E-state index in [1.807, 2.05) is 0 Å². The predicted molar refractivity (Wildman–Crippen MR) is 81.5 cm³/mol. The van der Waals surface area contributed by atoms with Gasteiger partial charge in [0.15, 0.2) is 0 Å². The van der Waals surface area contributed by atoms with Crippen LogP contribution in [-0.4, -0.2) is 32.1 Å². The third-order valence-corrected chi connectivity index (χ3v) is 4.22. The van der Waals surface area contributed by atoms with Crippen molar-refractivity contribution in [3.8, 4) is 0 Å². The average molecular weight is 299 g/mol. The number of nitrogen functional groups attached to an aromatic ring is 1. The van der Waals surface area contributed by atoms with Crippen molar-refractivity contribution >= 4 is 33.9 Å².